The highest BCUT2D eigenvalue weighted by Crippen LogP contribution is 2.34. The Bertz CT molecular complexity index is 492. The molecule has 4 heteroatoms. The van der Waals surface area contributed by atoms with Crippen LogP contribution >= 0.6 is 11.6 Å². The predicted molar refractivity (Wildman–Crippen MR) is 84.8 cm³/mol. The topological polar surface area (TPSA) is 44.5 Å². The summed E-state index contributed by atoms with van der Waals surface area (Å²) in [5.74, 6) is 2.22. The van der Waals surface area contributed by atoms with E-state index in [2.05, 4.69) is 0 Å². The van der Waals surface area contributed by atoms with E-state index in [-0.39, 0.29) is 0 Å². The van der Waals surface area contributed by atoms with Crippen molar-refractivity contribution in [1.29, 1.82) is 0 Å². The van der Waals surface area contributed by atoms with E-state index in [9.17, 15) is 0 Å². The molecule has 0 amide bonds. The van der Waals surface area contributed by atoms with Crippen LogP contribution in [0.5, 0.6) is 5.75 Å². The van der Waals surface area contributed by atoms with E-state index in [1.807, 2.05) is 12.1 Å². The summed E-state index contributed by atoms with van der Waals surface area (Å²) in [6.45, 7) is 2.91. The number of benzene rings is 1. The smallest absolute Gasteiger partial charge is 0.128 e. The maximum atomic E-state index is 6.17. The summed E-state index contributed by atoms with van der Waals surface area (Å²) >= 11 is 6.17. The Hall–Kier alpha value is -0.770. The van der Waals surface area contributed by atoms with Gasteiger partial charge in [-0.1, -0.05) is 24.4 Å². The molecule has 2 unspecified atom stereocenters. The van der Waals surface area contributed by atoms with E-state index < -0.39 is 0 Å². The number of halogens is 1. The monoisotopic (exact) mass is 309 g/mol. The van der Waals surface area contributed by atoms with Crippen LogP contribution in [0.25, 0.3) is 0 Å². The van der Waals surface area contributed by atoms with Crippen molar-refractivity contribution in [3.8, 4) is 5.75 Å². The molecule has 2 aliphatic rings. The molecular formula is C17H24ClNO2. The molecule has 2 atom stereocenters. The lowest BCUT2D eigenvalue weighted by Gasteiger charge is -2.30. The van der Waals surface area contributed by atoms with Crippen molar-refractivity contribution in [1.82, 2.24) is 0 Å². The largest absolute Gasteiger partial charge is 0.493 e. The third-order valence-electron chi connectivity index (χ3n) is 4.78. The summed E-state index contributed by atoms with van der Waals surface area (Å²) < 4.78 is 11.7. The van der Waals surface area contributed by atoms with Crippen LogP contribution in [-0.4, -0.2) is 19.8 Å². The van der Waals surface area contributed by atoms with Gasteiger partial charge in [0.15, 0.2) is 0 Å². The van der Waals surface area contributed by atoms with Crippen LogP contribution in [0.3, 0.4) is 0 Å². The highest BCUT2D eigenvalue weighted by molar-refractivity contribution is 6.30. The zero-order valence-electron chi connectivity index (χ0n) is 12.4. The SMILES string of the molecule is NCC1CCCCC1COCc1cc(Cl)cc2c1OCC2. The van der Waals surface area contributed by atoms with Crippen LogP contribution in [0.4, 0.5) is 0 Å². The van der Waals surface area contributed by atoms with Gasteiger partial charge in [0.1, 0.15) is 5.75 Å². The van der Waals surface area contributed by atoms with E-state index in [0.29, 0.717) is 18.4 Å². The van der Waals surface area contributed by atoms with Crippen molar-refractivity contribution < 1.29 is 9.47 Å². The lowest BCUT2D eigenvalue weighted by molar-refractivity contribution is 0.0503. The summed E-state index contributed by atoms with van der Waals surface area (Å²) in [5.41, 5.74) is 8.16. The van der Waals surface area contributed by atoms with E-state index in [0.717, 1.165) is 42.5 Å². The van der Waals surface area contributed by atoms with Gasteiger partial charge in [0.25, 0.3) is 0 Å². The molecule has 0 radical (unpaired) electrons. The van der Waals surface area contributed by atoms with Gasteiger partial charge in [-0.15, -0.1) is 0 Å². The standard InChI is InChI=1S/C17H24ClNO2/c18-16-7-12-5-6-21-17(12)15(8-16)11-20-10-14-4-2-1-3-13(14)9-19/h7-8,13-14H,1-6,9-11,19H2. The maximum absolute atomic E-state index is 6.17. The molecule has 1 aromatic rings. The molecule has 0 bridgehead atoms. The molecule has 1 aliphatic carbocycles. The van der Waals surface area contributed by atoms with Crippen LogP contribution in [0, 0.1) is 11.8 Å². The highest BCUT2D eigenvalue weighted by atomic mass is 35.5. The third kappa shape index (κ3) is 3.53. The molecule has 0 saturated heterocycles. The molecule has 3 rings (SSSR count). The fraction of sp³-hybridized carbons (Fsp3) is 0.647. The Labute approximate surface area is 131 Å². The van der Waals surface area contributed by atoms with Crippen molar-refractivity contribution in [2.45, 2.75) is 38.7 Å². The number of fused-ring (bicyclic) bond motifs is 1. The lowest BCUT2D eigenvalue weighted by atomic mass is 9.80. The van der Waals surface area contributed by atoms with E-state index in [1.54, 1.807) is 0 Å². The third-order valence-corrected chi connectivity index (χ3v) is 5.00. The quantitative estimate of drug-likeness (QED) is 0.904. The molecule has 3 nitrogen and oxygen atoms in total. The molecule has 1 fully saturated rings. The van der Waals surface area contributed by atoms with Gasteiger partial charge >= 0.3 is 0 Å². The molecule has 2 N–H and O–H groups in total. The van der Waals surface area contributed by atoms with Crippen molar-refractivity contribution in [2.75, 3.05) is 19.8 Å². The molecule has 0 spiro atoms. The lowest BCUT2D eigenvalue weighted by Crippen LogP contribution is -2.29. The van der Waals surface area contributed by atoms with Gasteiger partial charge in [0, 0.05) is 17.0 Å². The molecule has 116 valence electrons. The Balaban J connectivity index is 1.58. The van der Waals surface area contributed by atoms with Gasteiger partial charge in [-0.05, 0) is 48.9 Å². The Morgan fingerprint density at radius 2 is 2.05 bits per heavy atom. The normalized spacial score (nSPS) is 24.7. The molecule has 21 heavy (non-hydrogen) atoms. The number of hydrogen-bond acceptors (Lipinski definition) is 3. The van der Waals surface area contributed by atoms with Crippen molar-refractivity contribution in [3.63, 3.8) is 0 Å². The summed E-state index contributed by atoms with van der Waals surface area (Å²) in [7, 11) is 0. The predicted octanol–water partition coefficient (Wildman–Crippen LogP) is 3.56. The number of ether oxygens (including phenoxy) is 2. The number of nitrogens with two attached hydrogens (primary N) is 1. The van der Waals surface area contributed by atoms with Crippen molar-refractivity contribution in [2.24, 2.45) is 17.6 Å². The first kappa shape index (κ1) is 15.1. The highest BCUT2D eigenvalue weighted by Gasteiger charge is 2.24. The van der Waals surface area contributed by atoms with Crippen LogP contribution in [0.1, 0.15) is 36.8 Å². The van der Waals surface area contributed by atoms with Crippen LogP contribution in [-0.2, 0) is 17.8 Å². The molecule has 0 aromatic heterocycles. The average Bonchev–Trinajstić information content (AvgIpc) is 2.96. The zero-order valence-corrected chi connectivity index (χ0v) is 13.2. The van der Waals surface area contributed by atoms with Crippen LogP contribution in [0.2, 0.25) is 5.02 Å². The zero-order chi connectivity index (χ0) is 14.7. The summed E-state index contributed by atoms with van der Waals surface area (Å²) in [5, 5.41) is 0.773. The second-order valence-corrected chi connectivity index (χ2v) is 6.64. The van der Waals surface area contributed by atoms with E-state index in [4.69, 9.17) is 26.8 Å². The maximum Gasteiger partial charge on any atom is 0.128 e. The van der Waals surface area contributed by atoms with Gasteiger partial charge in [0.05, 0.1) is 19.8 Å². The van der Waals surface area contributed by atoms with Gasteiger partial charge in [0.2, 0.25) is 0 Å². The molecule has 1 heterocycles. The van der Waals surface area contributed by atoms with Gasteiger partial charge in [-0.25, -0.2) is 0 Å². The molecular weight excluding hydrogens is 286 g/mol. The summed E-state index contributed by atoms with van der Waals surface area (Å²) in [4.78, 5) is 0. The van der Waals surface area contributed by atoms with Crippen LogP contribution in [0.15, 0.2) is 12.1 Å². The van der Waals surface area contributed by atoms with Crippen molar-refractivity contribution in [3.05, 3.63) is 28.3 Å². The van der Waals surface area contributed by atoms with E-state index >= 15 is 0 Å². The van der Waals surface area contributed by atoms with E-state index in [1.165, 1.54) is 31.2 Å². The fourth-order valence-corrected chi connectivity index (χ4v) is 3.85. The van der Waals surface area contributed by atoms with Gasteiger partial charge < -0.3 is 15.2 Å². The first-order chi connectivity index (χ1) is 10.3. The van der Waals surface area contributed by atoms with Crippen LogP contribution < -0.4 is 10.5 Å². The minimum Gasteiger partial charge on any atom is -0.493 e. The first-order valence-electron chi connectivity index (χ1n) is 8.00. The molecule has 1 aliphatic heterocycles. The minimum atomic E-state index is 0.580. The number of hydrogen-bond donors (Lipinski definition) is 1. The second-order valence-electron chi connectivity index (χ2n) is 6.21. The fourth-order valence-electron chi connectivity index (χ4n) is 3.59. The number of rotatable bonds is 5. The second kappa shape index (κ2) is 6.99. The Kier molecular flexibility index (Phi) is 5.04. The molecule has 1 saturated carbocycles. The van der Waals surface area contributed by atoms with Gasteiger partial charge in [-0.3, -0.25) is 0 Å². The Morgan fingerprint density at radius 1 is 1.24 bits per heavy atom. The summed E-state index contributed by atoms with van der Waals surface area (Å²) in [6, 6.07) is 3.96. The average molecular weight is 310 g/mol. The Morgan fingerprint density at radius 3 is 2.86 bits per heavy atom. The minimum absolute atomic E-state index is 0.580. The summed E-state index contributed by atoms with van der Waals surface area (Å²) in [6.07, 6.45) is 6.06. The first-order valence-corrected chi connectivity index (χ1v) is 8.37. The van der Waals surface area contributed by atoms with Crippen molar-refractivity contribution >= 4 is 11.6 Å². The van der Waals surface area contributed by atoms with Gasteiger partial charge in [-0.2, -0.15) is 0 Å². The molecule has 1 aromatic carbocycles.